The highest BCUT2D eigenvalue weighted by atomic mass is 16.5. The Bertz CT molecular complexity index is 155. The fourth-order valence-electron chi connectivity index (χ4n) is 2.16. The van der Waals surface area contributed by atoms with E-state index in [4.69, 9.17) is 10.5 Å². The van der Waals surface area contributed by atoms with Crippen LogP contribution in [-0.2, 0) is 4.74 Å². The van der Waals surface area contributed by atoms with Gasteiger partial charge in [0.05, 0.1) is 6.10 Å². The van der Waals surface area contributed by atoms with Crippen LogP contribution in [0.5, 0.6) is 0 Å². The normalized spacial score (nSPS) is 22.2. The molecule has 0 radical (unpaired) electrons. The van der Waals surface area contributed by atoms with Crippen LogP contribution in [0.3, 0.4) is 0 Å². The summed E-state index contributed by atoms with van der Waals surface area (Å²) in [6.45, 7) is 8.18. The van der Waals surface area contributed by atoms with Crippen LogP contribution >= 0.6 is 0 Å². The first-order valence-electron chi connectivity index (χ1n) is 6.28. The van der Waals surface area contributed by atoms with E-state index in [1.165, 1.54) is 12.8 Å². The lowest BCUT2D eigenvalue weighted by molar-refractivity contribution is 0.106. The van der Waals surface area contributed by atoms with Crippen LogP contribution in [0.1, 0.15) is 39.5 Å². The Morgan fingerprint density at radius 2 is 2.13 bits per heavy atom. The van der Waals surface area contributed by atoms with E-state index in [1.54, 1.807) is 0 Å². The Balaban J connectivity index is 2.21. The Hall–Kier alpha value is -0.120. The predicted octanol–water partition coefficient (Wildman–Crippen LogP) is 1.52. The van der Waals surface area contributed by atoms with E-state index in [2.05, 4.69) is 19.2 Å². The van der Waals surface area contributed by atoms with Crippen molar-refractivity contribution in [3.63, 3.8) is 0 Å². The quantitative estimate of drug-likeness (QED) is 0.675. The van der Waals surface area contributed by atoms with Crippen molar-refractivity contribution >= 4 is 0 Å². The van der Waals surface area contributed by atoms with Crippen molar-refractivity contribution in [2.24, 2.45) is 11.1 Å². The van der Waals surface area contributed by atoms with Gasteiger partial charge in [0.25, 0.3) is 0 Å². The van der Waals surface area contributed by atoms with Gasteiger partial charge < -0.3 is 15.8 Å². The van der Waals surface area contributed by atoms with Gasteiger partial charge in [0.2, 0.25) is 0 Å². The van der Waals surface area contributed by atoms with E-state index in [0.717, 1.165) is 39.1 Å². The number of nitrogens with two attached hydrogens (primary N) is 1. The second-order valence-electron chi connectivity index (χ2n) is 4.68. The molecule has 1 unspecified atom stereocenters. The number of nitrogens with one attached hydrogen (secondary N) is 1. The van der Waals surface area contributed by atoms with Gasteiger partial charge in [-0.05, 0) is 37.6 Å². The van der Waals surface area contributed by atoms with Crippen molar-refractivity contribution in [3.05, 3.63) is 0 Å². The van der Waals surface area contributed by atoms with E-state index in [1.807, 2.05) is 0 Å². The molecule has 1 saturated heterocycles. The zero-order valence-corrected chi connectivity index (χ0v) is 10.2. The molecule has 1 heterocycles. The molecule has 0 aliphatic carbocycles. The van der Waals surface area contributed by atoms with E-state index in [-0.39, 0.29) is 0 Å². The molecule has 0 aromatic heterocycles. The maximum absolute atomic E-state index is 5.85. The smallest absolute Gasteiger partial charge is 0.0700 e. The molecule has 1 aliphatic rings. The maximum Gasteiger partial charge on any atom is 0.0700 e. The molecule has 0 amide bonds. The summed E-state index contributed by atoms with van der Waals surface area (Å²) >= 11 is 0. The molecule has 0 spiro atoms. The third-order valence-electron chi connectivity index (χ3n) is 3.83. The monoisotopic (exact) mass is 214 g/mol. The summed E-state index contributed by atoms with van der Waals surface area (Å²) in [6, 6.07) is 0. The second-order valence-corrected chi connectivity index (χ2v) is 4.68. The Morgan fingerprint density at radius 3 is 2.60 bits per heavy atom. The SMILES string of the molecule is CCC(CC)(CN)CNCC1CCCO1. The molecule has 1 atom stereocenters. The molecule has 15 heavy (non-hydrogen) atoms. The van der Waals surface area contributed by atoms with Crippen LogP contribution in [0.15, 0.2) is 0 Å². The van der Waals surface area contributed by atoms with Crippen LogP contribution in [0.4, 0.5) is 0 Å². The van der Waals surface area contributed by atoms with E-state index in [9.17, 15) is 0 Å². The highest BCUT2D eigenvalue weighted by Gasteiger charge is 2.24. The van der Waals surface area contributed by atoms with Gasteiger partial charge in [-0.1, -0.05) is 13.8 Å². The van der Waals surface area contributed by atoms with Crippen LogP contribution in [0.25, 0.3) is 0 Å². The minimum atomic E-state index is 0.290. The second kappa shape index (κ2) is 6.46. The summed E-state index contributed by atoms with van der Waals surface area (Å²) in [7, 11) is 0. The third kappa shape index (κ3) is 3.74. The first kappa shape index (κ1) is 12.9. The van der Waals surface area contributed by atoms with Gasteiger partial charge in [0.1, 0.15) is 0 Å². The van der Waals surface area contributed by atoms with Crippen molar-refractivity contribution in [1.82, 2.24) is 5.32 Å². The number of ether oxygens (including phenoxy) is 1. The van der Waals surface area contributed by atoms with E-state index < -0.39 is 0 Å². The van der Waals surface area contributed by atoms with Crippen LogP contribution in [0, 0.1) is 5.41 Å². The molecule has 0 saturated carbocycles. The van der Waals surface area contributed by atoms with E-state index in [0.29, 0.717) is 11.5 Å². The Labute approximate surface area is 93.8 Å². The largest absolute Gasteiger partial charge is 0.377 e. The standard InChI is InChI=1S/C12H26N2O/c1-3-12(4-2,9-13)10-14-8-11-6-5-7-15-11/h11,14H,3-10,13H2,1-2H3. The highest BCUT2D eigenvalue weighted by Crippen LogP contribution is 2.23. The van der Waals surface area contributed by atoms with Crippen molar-refractivity contribution in [2.45, 2.75) is 45.6 Å². The number of rotatable bonds is 7. The van der Waals surface area contributed by atoms with Crippen LogP contribution in [0.2, 0.25) is 0 Å². The average Bonchev–Trinajstić information content (AvgIpc) is 2.78. The Kier molecular flexibility index (Phi) is 5.58. The van der Waals surface area contributed by atoms with Crippen molar-refractivity contribution in [2.75, 3.05) is 26.2 Å². The topological polar surface area (TPSA) is 47.3 Å². The molecule has 3 nitrogen and oxygen atoms in total. The average molecular weight is 214 g/mol. The van der Waals surface area contributed by atoms with Crippen LogP contribution < -0.4 is 11.1 Å². The zero-order valence-electron chi connectivity index (χ0n) is 10.2. The summed E-state index contributed by atoms with van der Waals surface area (Å²) < 4.78 is 5.57. The summed E-state index contributed by atoms with van der Waals surface area (Å²) in [5.41, 5.74) is 6.14. The lowest BCUT2D eigenvalue weighted by atomic mass is 9.82. The van der Waals surface area contributed by atoms with Crippen molar-refractivity contribution in [1.29, 1.82) is 0 Å². The highest BCUT2D eigenvalue weighted by molar-refractivity contribution is 4.81. The molecule has 90 valence electrons. The minimum absolute atomic E-state index is 0.290. The molecule has 0 bridgehead atoms. The first-order valence-corrected chi connectivity index (χ1v) is 6.28. The van der Waals surface area contributed by atoms with Gasteiger partial charge in [-0.25, -0.2) is 0 Å². The van der Waals surface area contributed by atoms with Crippen LogP contribution in [-0.4, -0.2) is 32.3 Å². The third-order valence-corrected chi connectivity index (χ3v) is 3.83. The summed E-state index contributed by atoms with van der Waals surface area (Å²) in [4.78, 5) is 0. The summed E-state index contributed by atoms with van der Waals surface area (Å²) in [6.07, 6.45) is 5.17. The van der Waals surface area contributed by atoms with E-state index >= 15 is 0 Å². The van der Waals surface area contributed by atoms with Gasteiger partial charge in [-0.15, -0.1) is 0 Å². The minimum Gasteiger partial charge on any atom is -0.377 e. The number of hydrogen-bond donors (Lipinski definition) is 2. The van der Waals surface area contributed by atoms with Crippen molar-refractivity contribution < 1.29 is 4.74 Å². The Morgan fingerprint density at radius 1 is 1.40 bits per heavy atom. The first-order chi connectivity index (χ1) is 7.26. The van der Waals surface area contributed by atoms with Gasteiger partial charge >= 0.3 is 0 Å². The molecule has 3 N–H and O–H groups in total. The van der Waals surface area contributed by atoms with Gasteiger partial charge in [0.15, 0.2) is 0 Å². The summed E-state index contributed by atoms with van der Waals surface area (Å²) in [5, 5.41) is 3.52. The molecule has 0 aromatic rings. The molecule has 1 aliphatic heterocycles. The lowest BCUT2D eigenvalue weighted by Gasteiger charge is -2.30. The lowest BCUT2D eigenvalue weighted by Crippen LogP contribution is -2.41. The molecule has 1 rings (SSSR count). The number of hydrogen-bond acceptors (Lipinski definition) is 3. The molecular weight excluding hydrogens is 188 g/mol. The fraction of sp³-hybridized carbons (Fsp3) is 1.00. The molecular formula is C12H26N2O. The van der Waals surface area contributed by atoms with Gasteiger partial charge in [-0.2, -0.15) is 0 Å². The van der Waals surface area contributed by atoms with Gasteiger partial charge in [-0.3, -0.25) is 0 Å². The molecule has 0 aromatic carbocycles. The predicted molar refractivity (Wildman–Crippen MR) is 63.9 cm³/mol. The maximum atomic E-state index is 5.85. The van der Waals surface area contributed by atoms with Crippen molar-refractivity contribution in [3.8, 4) is 0 Å². The molecule has 1 fully saturated rings. The van der Waals surface area contributed by atoms with Gasteiger partial charge in [0, 0.05) is 19.7 Å². The zero-order chi connectivity index (χ0) is 11.1. The fourth-order valence-corrected chi connectivity index (χ4v) is 2.16. The molecule has 3 heteroatoms. The summed E-state index contributed by atoms with van der Waals surface area (Å²) in [5.74, 6) is 0.